The summed E-state index contributed by atoms with van der Waals surface area (Å²) < 4.78 is 2.06. The maximum Gasteiger partial charge on any atom is 0.216 e. The lowest BCUT2D eigenvalue weighted by Gasteiger charge is -2.08. The van der Waals surface area contributed by atoms with Crippen LogP contribution in [0, 0.1) is 13.8 Å². The lowest BCUT2D eigenvalue weighted by Crippen LogP contribution is -2.10. The van der Waals surface area contributed by atoms with Crippen molar-refractivity contribution in [2.75, 3.05) is 0 Å². The quantitative estimate of drug-likeness (QED) is 0.780. The maximum atomic E-state index is 5.97. The molecule has 19 heavy (non-hydrogen) atoms. The number of fused-ring (bicyclic) bond motifs is 1. The van der Waals surface area contributed by atoms with E-state index in [2.05, 4.69) is 52.0 Å². The fourth-order valence-corrected chi connectivity index (χ4v) is 3.16. The monoisotopic (exact) mass is 272 g/mol. The molecule has 2 aromatic heterocycles. The van der Waals surface area contributed by atoms with Crippen LogP contribution in [0.1, 0.15) is 29.9 Å². The molecule has 2 heterocycles. The van der Waals surface area contributed by atoms with Crippen molar-refractivity contribution < 1.29 is 0 Å². The summed E-state index contributed by atoms with van der Waals surface area (Å²) in [6, 6.07) is 6.34. The average Bonchev–Trinajstić information content (AvgIpc) is 2.90. The van der Waals surface area contributed by atoms with Crippen molar-refractivity contribution in [3.05, 3.63) is 40.5 Å². The van der Waals surface area contributed by atoms with Gasteiger partial charge in [-0.3, -0.25) is 4.40 Å². The first-order valence-corrected chi connectivity index (χ1v) is 7.11. The van der Waals surface area contributed by atoms with Crippen LogP contribution in [0.5, 0.6) is 0 Å². The van der Waals surface area contributed by atoms with Gasteiger partial charge in [-0.15, -0.1) is 21.5 Å². The van der Waals surface area contributed by atoms with Gasteiger partial charge < -0.3 is 5.73 Å². The predicted molar refractivity (Wildman–Crippen MR) is 78.4 cm³/mol. The second kappa shape index (κ2) is 4.43. The fraction of sp³-hybridized carbons (Fsp3) is 0.286. The Hall–Kier alpha value is -1.72. The van der Waals surface area contributed by atoms with Gasteiger partial charge in [0, 0.05) is 10.9 Å². The van der Waals surface area contributed by atoms with Crippen LogP contribution >= 0.6 is 11.3 Å². The van der Waals surface area contributed by atoms with Crippen LogP contribution in [-0.2, 0) is 0 Å². The molecule has 0 saturated heterocycles. The standard InChI is InChI=1S/C14H16N4S/c1-8-4-5-11(9(2)6-8)12-7-19-14-17-16-13(10(3)15)18(12)14/h4-7,10H,15H2,1-3H3. The van der Waals surface area contributed by atoms with Gasteiger partial charge in [0.05, 0.1) is 11.7 Å². The first-order valence-electron chi connectivity index (χ1n) is 6.23. The molecule has 1 atom stereocenters. The van der Waals surface area contributed by atoms with Gasteiger partial charge in [-0.2, -0.15) is 0 Å². The van der Waals surface area contributed by atoms with Gasteiger partial charge in [-0.1, -0.05) is 23.8 Å². The first-order chi connectivity index (χ1) is 9.08. The highest BCUT2D eigenvalue weighted by Crippen LogP contribution is 2.30. The van der Waals surface area contributed by atoms with Gasteiger partial charge in [0.1, 0.15) is 0 Å². The molecule has 1 aromatic carbocycles. The summed E-state index contributed by atoms with van der Waals surface area (Å²) >= 11 is 1.59. The number of aryl methyl sites for hydroxylation is 2. The molecule has 0 spiro atoms. The van der Waals surface area contributed by atoms with Crippen molar-refractivity contribution in [3.8, 4) is 11.3 Å². The molecule has 0 aliphatic carbocycles. The molecule has 4 nitrogen and oxygen atoms in total. The Labute approximate surface area is 115 Å². The second-order valence-electron chi connectivity index (χ2n) is 4.90. The van der Waals surface area contributed by atoms with E-state index in [1.54, 1.807) is 11.3 Å². The summed E-state index contributed by atoms with van der Waals surface area (Å²) in [7, 11) is 0. The molecule has 0 aliphatic heterocycles. The minimum absolute atomic E-state index is 0.130. The van der Waals surface area contributed by atoms with Gasteiger partial charge >= 0.3 is 0 Å². The van der Waals surface area contributed by atoms with Crippen LogP contribution in [0.25, 0.3) is 16.2 Å². The van der Waals surface area contributed by atoms with Crippen LogP contribution in [0.3, 0.4) is 0 Å². The van der Waals surface area contributed by atoms with E-state index < -0.39 is 0 Å². The third kappa shape index (κ3) is 1.95. The van der Waals surface area contributed by atoms with Gasteiger partial charge in [0.25, 0.3) is 0 Å². The molecule has 5 heteroatoms. The highest BCUT2D eigenvalue weighted by Gasteiger charge is 2.16. The zero-order valence-electron chi connectivity index (χ0n) is 11.2. The van der Waals surface area contributed by atoms with Crippen LogP contribution in [0.15, 0.2) is 23.6 Å². The normalized spacial score (nSPS) is 13.1. The van der Waals surface area contributed by atoms with Crippen LogP contribution in [0.2, 0.25) is 0 Å². The number of rotatable bonds is 2. The Morgan fingerprint density at radius 2 is 2.05 bits per heavy atom. The van der Waals surface area contributed by atoms with E-state index in [0.29, 0.717) is 0 Å². The molecule has 3 aromatic rings. The molecular formula is C14H16N4S. The average molecular weight is 272 g/mol. The highest BCUT2D eigenvalue weighted by atomic mass is 32.1. The number of nitrogens with two attached hydrogens (primary N) is 1. The van der Waals surface area contributed by atoms with Gasteiger partial charge in [0.2, 0.25) is 4.96 Å². The van der Waals surface area contributed by atoms with E-state index in [-0.39, 0.29) is 6.04 Å². The molecule has 0 radical (unpaired) electrons. The molecular weight excluding hydrogens is 256 g/mol. The van der Waals surface area contributed by atoms with Crippen molar-refractivity contribution in [3.63, 3.8) is 0 Å². The summed E-state index contributed by atoms with van der Waals surface area (Å²) in [6.45, 7) is 6.16. The van der Waals surface area contributed by atoms with E-state index >= 15 is 0 Å². The third-order valence-corrected chi connectivity index (χ3v) is 4.06. The Kier molecular flexibility index (Phi) is 2.88. The van der Waals surface area contributed by atoms with E-state index in [1.165, 1.54) is 16.7 Å². The number of benzene rings is 1. The van der Waals surface area contributed by atoms with E-state index in [0.717, 1.165) is 16.5 Å². The molecule has 98 valence electrons. The second-order valence-corrected chi connectivity index (χ2v) is 5.74. The molecule has 0 bridgehead atoms. The minimum atomic E-state index is -0.130. The van der Waals surface area contributed by atoms with Crippen molar-refractivity contribution in [1.29, 1.82) is 0 Å². The van der Waals surface area contributed by atoms with E-state index in [4.69, 9.17) is 5.73 Å². The molecule has 0 fully saturated rings. The fourth-order valence-electron chi connectivity index (χ4n) is 2.33. The zero-order valence-corrected chi connectivity index (χ0v) is 12.0. The molecule has 0 amide bonds. The summed E-state index contributed by atoms with van der Waals surface area (Å²) in [5.41, 5.74) is 10.8. The Bertz CT molecular complexity index is 739. The van der Waals surface area contributed by atoms with Crippen molar-refractivity contribution in [2.24, 2.45) is 5.73 Å². The molecule has 1 unspecified atom stereocenters. The third-order valence-electron chi connectivity index (χ3n) is 3.24. The number of thiazole rings is 1. The summed E-state index contributed by atoms with van der Waals surface area (Å²) in [5, 5.41) is 10.5. The lowest BCUT2D eigenvalue weighted by atomic mass is 10.0. The SMILES string of the molecule is Cc1ccc(-c2csc3nnc(C(C)N)n23)c(C)c1. The van der Waals surface area contributed by atoms with Gasteiger partial charge in [0.15, 0.2) is 5.82 Å². The maximum absolute atomic E-state index is 5.97. The number of hydrogen-bond donors (Lipinski definition) is 1. The largest absolute Gasteiger partial charge is 0.322 e. The molecule has 0 saturated carbocycles. The van der Waals surface area contributed by atoms with Crippen molar-refractivity contribution >= 4 is 16.3 Å². The Morgan fingerprint density at radius 1 is 1.26 bits per heavy atom. The van der Waals surface area contributed by atoms with E-state index in [9.17, 15) is 0 Å². The molecule has 2 N–H and O–H groups in total. The van der Waals surface area contributed by atoms with Crippen LogP contribution in [-0.4, -0.2) is 14.6 Å². The minimum Gasteiger partial charge on any atom is -0.322 e. The Balaban J connectivity index is 2.27. The first kappa shape index (κ1) is 12.3. The molecule has 0 aliphatic rings. The van der Waals surface area contributed by atoms with Gasteiger partial charge in [-0.05, 0) is 26.3 Å². The number of aromatic nitrogens is 3. The predicted octanol–water partition coefficient (Wildman–Crippen LogP) is 3.09. The van der Waals surface area contributed by atoms with Crippen LogP contribution < -0.4 is 5.73 Å². The highest BCUT2D eigenvalue weighted by molar-refractivity contribution is 7.15. The summed E-state index contributed by atoms with van der Waals surface area (Å²) in [6.07, 6.45) is 0. The molecule has 3 rings (SSSR count). The van der Waals surface area contributed by atoms with Crippen molar-refractivity contribution in [2.45, 2.75) is 26.8 Å². The Morgan fingerprint density at radius 3 is 2.74 bits per heavy atom. The summed E-state index contributed by atoms with van der Waals surface area (Å²) in [4.78, 5) is 0.891. The smallest absolute Gasteiger partial charge is 0.216 e. The summed E-state index contributed by atoms with van der Waals surface area (Å²) in [5.74, 6) is 0.811. The zero-order chi connectivity index (χ0) is 13.6. The van der Waals surface area contributed by atoms with Crippen molar-refractivity contribution in [1.82, 2.24) is 14.6 Å². The van der Waals surface area contributed by atoms with Gasteiger partial charge in [-0.25, -0.2) is 0 Å². The number of nitrogens with zero attached hydrogens (tertiary/aromatic N) is 3. The topological polar surface area (TPSA) is 56.2 Å². The number of hydrogen-bond acceptors (Lipinski definition) is 4. The van der Waals surface area contributed by atoms with E-state index in [1.807, 2.05) is 6.92 Å². The lowest BCUT2D eigenvalue weighted by molar-refractivity contribution is 0.729. The van der Waals surface area contributed by atoms with Crippen LogP contribution in [0.4, 0.5) is 0 Å².